The average molecular weight is 275 g/mol. The predicted molar refractivity (Wildman–Crippen MR) is 75.3 cm³/mol. The number of halogens is 1. The Bertz CT molecular complexity index is 548. The van der Waals surface area contributed by atoms with Crippen molar-refractivity contribution in [1.29, 1.82) is 0 Å². The van der Waals surface area contributed by atoms with Gasteiger partial charge in [-0.25, -0.2) is 4.39 Å². The molecule has 0 spiro atoms. The van der Waals surface area contributed by atoms with Crippen molar-refractivity contribution in [2.24, 2.45) is 0 Å². The van der Waals surface area contributed by atoms with Gasteiger partial charge < -0.3 is 9.15 Å². The first kappa shape index (κ1) is 13.2. The second-order valence-electron chi connectivity index (χ2n) is 5.02. The molecule has 1 aromatic heterocycles. The van der Waals surface area contributed by atoms with Crippen molar-refractivity contribution in [3.8, 4) is 17.1 Å². The first-order valence-corrected chi connectivity index (χ1v) is 7.01. The molecular formula is C16H18FNO2. The number of rotatable bonds is 5. The zero-order valence-corrected chi connectivity index (χ0v) is 11.3. The topological polar surface area (TPSA) is 25.6 Å². The summed E-state index contributed by atoms with van der Waals surface area (Å²) in [6.45, 7) is 3.64. The van der Waals surface area contributed by atoms with Crippen molar-refractivity contribution < 1.29 is 13.5 Å². The van der Waals surface area contributed by atoms with Gasteiger partial charge in [-0.15, -0.1) is 0 Å². The molecule has 1 saturated heterocycles. The number of furan rings is 1. The van der Waals surface area contributed by atoms with Crippen LogP contribution in [0.2, 0.25) is 0 Å². The molecule has 3 nitrogen and oxygen atoms in total. The van der Waals surface area contributed by atoms with Gasteiger partial charge in [-0.05, 0) is 56.3 Å². The Morgan fingerprint density at radius 1 is 1.20 bits per heavy atom. The van der Waals surface area contributed by atoms with Crippen LogP contribution >= 0.6 is 0 Å². The van der Waals surface area contributed by atoms with Crippen LogP contribution in [-0.2, 0) is 0 Å². The second-order valence-corrected chi connectivity index (χ2v) is 5.02. The van der Waals surface area contributed by atoms with Crippen LogP contribution in [0.5, 0.6) is 5.75 Å². The first-order chi connectivity index (χ1) is 9.83. The van der Waals surface area contributed by atoms with Crippen molar-refractivity contribution in [1.82, 2.24) is 4.90 Å². The van der Waals surface area contributed by atoms with Crippen LogP contribution < -0.4 is 4.74 Å². The average Bonchev–Trinajstić information content (AvgIpc) is 3.12. The van der Waals surface area contributed by atoms with E-state index < -0.39 is 0 Å². The Balaban J connectivity index is 1.59. The molecule has 3 rings (SSSR count). The fraction of sp³-hybridized carbons (Fsp3) is 0.375. The lowest BCUT2D eigenvalue weighted by Gasteiger charge is -2.15. The van der Waals surface area contributed by atoms with Crippen LogP contribution in [0.25, 0.3) is 11.3 Å². The highest BCUT2D eigenvalue weighted by atomic mass is 19.1. The monoisotopic (exact) mass is 275 g/mol. The molecule has 0 saturated carbocycles. The van der Waals surface area contributed by atoms with Gasteiger partial charge in [0.1, 0.15) is 12.4 Å². The van der Waals surface area contributed by atoms with Gasteiger partial charge in [0.05, 0.1) is 6.26 Å². The third kappa shape index (κ3) is 3.02. The Kier molecular flexibility index (Phi) is 4.02. The van der Waals surface area contributed by atoms with E-state index in [-0.39, 0.29) is 5.82 Å². The zero-order chi connectivity index (χ0) is 13.8. The van der Waals surface area contributed by atoms with E-state index in [2.05, 4.69) is 4.90 Å². The molecule has 106 valence electrons. The Hall–Kier alpha value is -1.81. The minimum Gasteiger partial charge on any atom is -0.489 e. The van der Waals surface area contributed by atoms with E-state index in [4.69, 9.17) is 9.15 Å². The van der Waals surface area contributed by atoms with Crippen molar-refractivity contribution in [3.05, 3.63) is 42.4 Å². The fourth-order valence-corrected chi connectivity index (χ4v) is 2.50. The van der Waals surface area contributed by atoms with Crippen molar-refractivity contribution >= 4 is 0 Å². The molecule has 0 bridgehead atoms. The first-order valence-electron chi connectivity index (χ1n) is 7.01. The van der Waals surface area contributed by atoms with Crippen molar-refractivity contribution in [2.75, 3.05) is 26.2 Å². The third-order valence-corrected chi connectivity index (χ3v) is 3.60. The van der Waals surface area contributed by atoms with E-state index in [1.807, 2.05) is 12.1 Å². The molecule has 0 aliphatic carbocycles. The molecule has 0 atom stereocenters. The fourth-order valence-electron chi connectivity index (χ4n) is 2.50. The molecule has 1 aliphatic heterocycles. The summed E-state index contributed by atoms with van der Waals surface area (Å²) in [6, 6.07) is 8.52. The van der Waals surface area contributed by atoms with E-state index in [9.17, 15) is 4.39 Å². The van der Waals surface area contributed by atoms with Crippen molar-refractivity contribution in [2.45, 2.75) is 12.8 Å². The quantitative estimate of drug-likeness (QED) is 0.834. The number of ether oxygens (including phenoxy) is 1. The lowest BCUT2D eigenvalue weighted by atomic mass is 10.1. The van der Waals surface area contributed by atoms with Gasteiger partial charge in [-0.2, -0.15) is 0 Å². The van der Waals surface area contributed by atoms with Gasteiger partial charge >= 0.3 is 0 Å². The predicted octanol–water partition coefficient (Wildman–Crippen LogP) is 3.56. The number of likely N-dealkylation sites (tertiary alicyclic amines) is 1. The molecule has 0 unspecified atom stereocenters. The van der Waals surface area contributed by atoms with Crippen LogP contribution in [0, 0.1) is 5.82 Å². The molecule has 20 heavy (non-hydrogen) atoms. The maximum absolute atomic E-state index is 14.0. The Morgan fingerprint density at radius 2 is 2.05 bits per heavy atom. The Morgan fingerprint density at radius 3 is 2.75 bits per heavy atom. The smallest absolute Gasteiger partial charge is 0.165 e. The van der Waals surface area contributed by atoms with Crippen LogP contribution in [0.4, 0.5) is 4.39 Å². The summed E-state index contributed by atoms with van der Waals surface area (Å²) in [5.41, 5.74) is 0.722. The molecule has 1 aliphatic rings. The number of benzene rings is 1. The molecule has 0 N–H and O–H groups in total. The van der Waals surface area contributed by atoms with E-state index >= 15 is 0 Å². The standard InChI is InChI=1S/C16H18FNO2/c17-14-12-13(15-4-3-10-19-15)5-6-16(14)20-11-9-18-7-1-2-8-18/h3-6,10,12H,1-2,7-9,11H2. The highest BCUT2D eigenvalue weighted by Gasteiger charge is 2.12. The summed E-state index contributed by atoms with van der Waals surface area (Å²) in [4.78, 5) is 2.34. The summed E-state index contributed by atoms with van der Waals surface area (Å²) in [5.74, 6) is 0.618. The number of hydrogen-bond donors (Lipinski definition) is 0. The van der Waals surface area contributed by atoms with Crippen LogP contribution in [0.1, 0.15) is 12.8 Å². The summed E-state index contributed by atoms with van der Waals surface area (Å²) in [7, 11) is 0. The largest absolute Gasteiger partial charge is 0.489 e. The van der Waals surface area contributed by atoms with E-state index in [0.29, 0.717) is 18.1 Å². The number of hydrogen-bond acceptors (Lipinski definition) is 3. The Labute approximate surface area is 118 Å². The maximum atomic E-state index is 14.0. The van der Waals surface area contributed by atoms with E-state index in [0.717, 1.165) is 25.2 Å². The minimum atomic E-state index is -0.347. The molecule has 2 aromatic rings. The van der Waals surface area contributed by atoms with Gasteiger partial charge in [-0.3, -0.25) is 4.90 Å². The summed E-state index contributed by atoms with van der Waals surface area (Å²) >= 11 is 0. The van der Waals surface area contributed by atoms with Crippen LogP contribution in [-0.4, -0.2) is 31.1 Å². The summed E-state index contributed by atoms with van der Waals surface area (Å²) < 4.78 is 24.7. The molecule has 1 aromatic carbocycles. The second kappa shape index (κ2) is 6.09. The minimum absolute atomic E-state index is 0.305. The third-order valence-electron chi connectivity index (χ3n) is 3.60. The van der Waals surface area contributed by atoms with Gasteiger partial charge in [0.15, 0.2) is 11.6 Å². The van der Waals surface area contributed by atoms with E-state index in [1.54, 1.807) is 18.4 Å². The van der Waals surface area contributed by atoms with Gasteiger partial charge in [0.25, 0.3) is 0 Å². The van der Waals surface area contributed by atoms with Gasteiger partial charge in [0, 0.05) is 12.1 Å². The zero-order valence-electron chi connectivity index (χ0n) is 11.3. The van der Waals surface area contributed by atoms with Gasteiger partial charge in [-0.1, -0.05) is 0 Å². The summed E-state index contributed by atoms with van der Waals surface area (Å²) in [5, 5.41) is 0. The molecule has 0 amide bonds. The highest BCUT2D eigenvalue weighted by Crippen LogP contribution is 2.25. The summed E-state index contributed by atoms with van der Waals surface area (Å²) in [6.07, 6.45) is 4.09. The molecule has 2 heterocycles. The molecule has 0 radical (unpaired) electrons. The normalized spacial score (nSPS) is 15.7. The lowest BCUT2D eigenvalue weighted by Crippen LogP contribution is -2.25. The lowest BCUT2D eigenvalue weighted by molar-refractivity contribution is 0.231. The van der Waals surface area contributed by atoms with E-state index in [1.165, 1.54) is 18.9 Å². The molecule has 4 heteroatoms. The SMILES string of the molecule is Fc1cc(-c2ccco2)ccc1OCCN1CCCC1. The molecular weight excluding hydrogens is 257 g/mol. The highest BCUT2D eigenvalue weighted by molar-refractivity contribution is 5.58. The van der Waals surface area contributed by atoms with Crippen LogP contribution in [0.15, 0.2) is 41.0 Å². The van der Waals surface area contributed by atoms with Gasteiger partial charge in [0.2, 0.25) is 0 Å². The molecule has 1 fully saturated rings. The maximum Gasteiger partial charge on any atom is 0.165 e. The van der Waals surface area contributed by atoms with Crippen LogP contribution in [0.3, 0.4) is 0 Å². The number of nitrogens with zero attached hydrogens (tertiary/aromatic N) is 1. The van der Waals surface area contributed by atoms with Crippen molar-refractivity contribution in [3.63, 3.8) is 0 Å².